The third-order valence-electron chi connectivity index (χ3n) is 5.93. The summed E-state index contributed by atoms with van der Waals surface area (Å²) in [4.78, 5) is 28.5. The molecule has 0 N–H and O–H groups in total. The minimum atomic E-state index is -3.70. The van der Waals surface area contributed by atoms with Crippen LogP contribution in [0.4, 0.5) is 4.79 Å². The minimum absolute atomic E-state index is 0.0451. The van der Waals surface area contributed by atoms with E-state index in [0.29, 0.717) is 64.5 Å². The molecule has 2 saturated heterocycles. The summed E-state index contributed by atoms with van der Waals surface area (Å²) in [7, 11) is -3.70. The maximum absolute atomic E-state index is 13.2. The Morgan fingerprint density at radius 1 is 1.03 bits per heavy atom. The number of nitrogens with zero attached hydrogens (tertiary/aromatic N) is 3. The van der Waals surface area contributed by atoms with Crippen molar-refractivity contribution in [2.75, 3.05) is 52.5 Å². The topological polar surface area (TPSA) is 96.5 Å². The number of hydrogen-bond donors (Lipinski definition) is 0. The fourth-order valence-electron chi connectivity index (χ4n) is 4.19. The Kier molecular flexibility index (Phi) is 8.00. The summed E-state index contributed by atoms with van der Waals surface area (Å²) in [5.41, 5.74) is 0.761. The summed E-state index contributed by atoms with van der Waals surface area (Å²) in [6, 6.07) is 4.87. The molecule has 9 nitrogen and oxygen atoms in total. The highest BCUT2D eigenvalue weighted by Gasteiger charge is 2.36. The summed E-state index contributed by atoms with van der Waals surface area (Å²) in [6.07, 6.45) is 0.930. The van der Waals surface area contributed by atoms with Crippen LogP contribution in [0, 0.1) is 12.8 Å². The molecule has 2 aliphatic rings. The summed E-state index contributed by atoms with van der Waals surface area (Å²) < 4.78 is 38.4. The summed E-state index contributed by atoms with van der Waals surface area (Å²) in [6.45, 7) is 8.56. The van der Waals surface area contributed by atoms with Crippen molar-refractivity contribution in [2.24, 2.45) is 5.92 Å². The first-order chi connectivity index (χ1) is 15.3. The highest BCUT2D eigenvalue weighted by Crippen LogP contribution is 2.28. The summed E-state index contributed by atoms with van der Waals surface area (Å²) >= 11 is 0. The largest absolute Gasteiger partial charge is 0.494 e. The fraction of sp³-hybridized carbons (Fsp3) is 0.636. The Balaban J connectivity index is 1.64. The van der Waals surface area contributed by atoms with E-state index in [1.807, 2.05) is 13.8 Å². The molecule has 0 unspecified atom stereocenters. The molecular weight excluding hydrogens is 434 g/mol. The summed E-state index contributed by atoms with van der Waals surface area (Å²) in [5, 5.41) is 0. The van der Waals surface area contributed by atoms with Crippen LogP contribution in [0.2, 0.25) is 0 Å². The molecule has 1 aromatic carbocycles. The molecule has 2 heterocycles. The highest BCUT2D eigenvalue weighted by molar-refractivity contribution is 7.89. The minimum Gasteiger partial charge on any atom is -0.494 e. The highest BCUT2D eigenvalue weighted by atomic mass is 32.2. The van der Waals surface area contributed by atoms with Crippen molar-refractivity contribution in [2.45, 2.75) is 38.5 Å². The van der Waals surface area contributed by atoms with Crippen molar-refractivity contribution in [1.29, 1.82) is 0 Å². The molecule has 3 rings (SSSR count). The molecule has 0 saturated carbocycles. The molecular formula is C22H33N3O6S. The second-order valence-corrected chi connectivity index (χ2v) is 10.0. The van der Waals surface area contributed by atoms with E-state index in [9.17, 15) is 18.0 Å². The van der Waals surface area contributed by atoms with Crippen LogP contribution in [-0.4, -0.2) is 87.0 Å². The van der Waals surface area contributed by atoms with Gasteiger partial charge in [0.25, 0.3) is 0 Å². The number of benzene rings is 1. The van der Waals surface area contributed by atoms with E-state index in [1.165, 1.54) is 4.31 Å². The van der Waals surface area contributed by atoms with Crippen molar-refractivity contribution in [1.82, 2.24) is 14.1 Å². The van der Waals surface area contributed by atoms with Gasteiger partial charge in [0.1, 0.15) is 5.75 Å². The van der Waals surface area contributed by atoms with Gasteiger partial charge in [-0.05, 0) is 57.4 Å². The SMILES string of the molecule is CCOC(=O)N1CCN(C(=O)[C@H]2CCCN(S(=O)(=O)c3ccc(OCC)c(C)c3)C2)CC1. The van der Waals surface area contributed by atoms with Crippen LogP contribution in [0.25, 0.3) is 0 Å². The molecule has 1 atom stereocenters. The van der Waals surface area contributed by atoms with E-state index in [0.717, 1.165) is 5.56 Å². The molecule has 0 aliphatic carbocycles. The molecule has 0 aromatic heterocycles. The van der Waals surface area contributed by atoms with E-state index in [4.69, 9.17) is 9.47 Å². The third-order valence-corrected chi connectivity index (χ3v) is 7.80. The van der Waals surface area contributed by atoms with Crippen LogP contribution in [0.1, 0.15) is 32.3 Å². The van der Waals surface area contributed by atoms with Gasteiger partial charge in [-0.25, -0.2) is 13.2 Å². The molecule has 0 bridgehead atoms. The van der Waals surface area contributed by atoms with Crippen LogP contribution in [-0.2, 0) is 19.6 Å². The number of ether oxygens (including phenoxy) is 2. The molecule has 2 amide bonds. The number of hydrogen-bond acceptors (Lipinski definition) is 6. The van der Waals surface area contributed by atoms with Crippen molar-refractivity contribution >= 4 is 22.0 Å². The zero-order valence-electron chi connectivity index (χ0n) is 19.1. The van der Waals surface area contributed by atoms with Gasteiger partial charge in [-0.3, -0.25) is 4.79 Å². The lowest BCUT2D eigenvalue weighted by Gasteiger charge is -2.38. The third kappa shape index (κ3) is 5.35. The normalized spacial score (nSPS) is 20.2. The number of sulfonamides is 1. The molecule has 0 radical (unpaired) electrons. The Bertz CT molecular complexity index is 928. The van der Waals surface area contributed by atoms with Gasteiger partial charge in [0.15, 0.2) is 0 Å². The first-order valence-corrected chi connectivity index (χ1v) is 12.7. The van der Waals surface area contributed by atoms with Gasteiger partial charge in [0.05, 0.1) is 24.0 Å². The van der Waals surface area contributed by atoms with E-state index >= 15 is 0 Å². The van der Waals surface area contributed by atoms with Gasteiger partial charge in [-0.2, -0.15) is 4.31 Å². The first kappa shape index (κ1) is 24.3. The zero-order valence-corrected chi connectivity index (χ0v) is 19.9. The van der Waals surface area contributed by atoms with Crippen LogP contribution < -0.4 is 4.74 Å². The van der Waals surface area contributed by atoms with Gasteiger partial charge in [0.2, 0.25) is 15.9 Å². The fourth-order valence-corrected chi connectivity index (χ4v) is 5.80. The Hall–Kier alpha value is -2.33. The molecule has 0 spiro atoms. The number of rotatable bonds is 6. The van der Waals surface area contributed by atoms with Crippen LogP contribution in [0.15, 0.2) is 23.1 Å². The van der Waals surface area contributed by atoms with Gasteiger partial charge >= 0.3 is 6.09 Å². The lowest BCUT2D eigenvalue weighted by atomic mass is 9.98. The van der Waals surface area contributed by atoms with Gasteiger partial charge in [-0.15, -0.1) is 0 Å². The van der Waals surface area contributed by atoms with Crippen molar-refractivity contribution in [3.63, 3.8) is 0 Å². The Morgan fingerprint density at radius 2 is 1.72 bits per heavy atom. The average molecular weight is 468 g/mol. The van der Waals surface area contributed by atoms with E-state index in [-0.39, 0.29) is 29.4 Å². The van der Waals surface area contributed by atoms with Gasteiger partial charge in [-0.1, -0.05) is 0 Å². The van der Waals surface area contributed by atoms with Crippen molar-refractivity contribution in [3.8, 4) is 5.75 Å². The molecule has 178 valence electrons. The maximum Gasteiger partial charge on any atom is 0.409 e. The van der Waals surface area contributed by atoms with E-state index in [1.54, 1.807) is 34.9 Å². The molecule has 2 aliphatic heterocycles. The first-order valence-electron chi connectivity index (χ1n) is 11.2. The van der Waals surface area contributed by atoms with Crippen molar-refractivity contribution < 1.29 is 27.5 Å². The second kappa shape index (κ2) is 10.5. The monoisotopic (exact) mass is 467 g/mol. The van der Waals surface area contributed by atoms with Gasteiger partial charge < -0.3 is 19.3 Å². The standard InChI is InChI=1S/C22H33N3O6S/c1-4-30-20-9-8-19(15-17(20)3)32(28,29)25-10-6-7-18(16-25)21(26)23-11-13-24(14-12-23)22(27)31-5-2/h8-9,15,18H,4-7,10-14,16H2,1-3H3/t18-/m0/s1. The average Bonchev–Trinajstić information content (AvgIpc) is 2.80. The van der Waals surface area contributed by atoms with Crippen LogP contribution in [0.5, 0.6) is 5.75 Å². The van der Waals surface area contributed by atoms with Gasteiger partial charge in [0, 0.05) is 39.3 Å². The number of piperazine rings is 1. The Morgan fingerprint density at radius 3 is 2.34 bits per heavy atom. The number of aryl methyl sites for hydroxylation is 1. The molecule has 10 heteroatoms. The molecule has 2 fully saturated rings. The quantitative estimate of drug-likeness (QED) is 0.636. The van der Waals surface area contributed by atoms with E-state index < -0.39 is 10.0 Å². The van der Waals surface area contributed by atoms with Crippen LogP contribution >= 0.6 is 0 Å². The Labute approximate surface area is 190 Å². The smallest absolute Gasteiger partial charge is 0.409 e. The number of carbonyl (C=O) groups is 2. The van der Waals surface area contributed by atoms with E-state index in [2.05, 4.69) is 0 Å². The second-order valence-electron chi connectivity index (χ2n) is 8.07. The lowest BCUT2D eigenvalue weighted by Crippen LogP contribution is -2.54. The number of amides is 2. The predicted octanol–water partition coefficient (Wildman–Crippen LogP) is 2.10. The van der Waals surface area contributed by atoms with Crippen LogP contribution in [0.3, 0.4) is 0 Å². The lowest BCUT2D eigenvalue weighted by molar-refractivity contribution is -0.138. The number of carbonyl (C=O) groups excluding carboxylic acids is 2. The summed E-state index contributed by atoms with van der Waals surface area (Å²) in [5.74, 6) is 0.243. The number of piperidine rings is 1. The zero-order chi connectivity index (χ0) is 23.3. The maximum atomic E-state index is 13.2. The molecule has 1 aromatic rings. The predicted molar refractivity (Wildman–Crippen MR) is 119 cm³/mol. The molecule has 32 heavy (non-hydrogen) atoms. The van der Waals surface area contributed by atoms with Crippen molar-refractivity contribution in [3.05, 3.63) is 23.8 Å².